The van der Waals surface area contributed by atoms with Gasteiger partial charge in [0.15, 0.2) is 0 Å². The van der Waals surface area contributed by atoms with Crippen molar-refractivity contribution in [1.29, 1.82) is 0 Å². The zero-order chi connectivity index (χ0) is 12.0. The molecular formula is C10H19N5O. The summed E-state index contributed by atoms with van der Waals surface area (Å²) >= 11 is 0. The topological polar surface area (TPSA) is 96.7 Å². The second-order valence-corrected chi connectivity index (χ2v) is 3.65. The van der Waals surface area contributed by atoms with E-state index in [0.29, 0.717) is 12.4 Å². The minimum absolute atomic E-state index is 0.000997. The fourth-order valence-corrected chi connectivity index (χ4v) is 1.40. The van der Waals surface area contributed by atoms with Crippen LogP contribution in [-0.4, -0.2) is 33.7 Å². The fourth-order valence-electron chi connectivity index (χ4n) is 1.40. The van der Waals surface area contributed by atoms with Gasteiger partial charge in [-0.1, -0.05) is 20.3 Å². The quantitative estimate of drug-likeness (QED) is 0.645. The predicted octanol–water partition coefficient (Wildman–Crippen LogP) is 0.224. The van der Waals surface area contributed by atoms with Crippen LogP contribution in [0.25, 0.3) is 0 Å². The van der Waals surface area contributed by atoms with Gasteiger partial charge in [-0.15, -0.1) is 5.10 Å². The maximum Gasteiger partial charge on any atom is 0.291 e. The Morgan fingerprint density at radius 2 is 2.31 bits per heavy atom. The zero-order valence-corrected chi connectivity index (χ0v) is 9.79. The van der Waals surface area contributed by atoms with Gasteiger partial charge in [0.2, 0.25) is 5.82 Å². The number of carbonyl (C=O) groups excluding carboxylic acids is 1. The number of nitrogens with zero attached hydrogens (tertiary/aromatic N) is 2. The van der Waals surface area contributed by atoms with Gasteiger partial charge in [0, 0.05) is 19.0 Å². The minimum atomic E-state index is -0.264. The molecule has 6 nitrogen and oxygen atoms in total. The SMILES string of the molecule is CCCC(CN)NC(=O)c1n[nH]c(CC)n1. The van der Waals surface area contributed by atoms with E-state index in [1.165, 1.54) is 0 Å². The van der Waals surface area contributed by atoms with Gasteiger partial charge in [-0.2, -0.15) is 0 Å². The molecule has 16 heavy (non-hydrogen) atoms. The van der Waals surface area contributed by atoms with E-state index in [0.717, 1.165) is 19.3 Å². The summed E-state index contributed by atoms with van der Waals surface area (Å²) in [5.41, 5.74) is 5.55. The summed E-state index contributed by atoms with van der Waals surface area (Å²) in [5.74, 6) is 0.635. The number of aromatic amines is 1. The molecule has 0 saturated carbocycles. The van der Waals surface area contributed by atoms with Crippen LogP contribution in [0.2, 0.25) is 0 Å². The summed E-state index contributed by atoms with van der Waals surface area (Å²) in [6.45, 7) is 4.43. The summed E-state index contributed by atoms with van der Waals surface area (Å²) in [4.78, 5) is 15.8. The van der Waals surface area contributed by atoms with Crippen molar-refractivity contribution in [2.75, 3.05) is 6.54 Å². The van der Waals surface area contributed by atoms with E-state index in [2.05, 4.69) is 27.4 Å². The molecule has 0 fully saturated rings. The Bertz CT molecular complexity index is 336. The fraction of sp³-hybridized carbons (Fsp3) is 0.700. The lowest BCUT2D eigenvalue weighted by Crippen LogP contribution is -2.40. The van der Waals surface area contributed by atoms with E-state index >= 15 is 0 Å². The van der Waals surface area contributed by atoms with Crippen LogP contribution in [0.4, 0.5) is 0 Å². The highest BCUT2D eigenvalue weighted by Gasteiger charge is 2.15. The van der Waals surface area contributed by atoms with Gasteiger partial charge in [-0.25, -0.2) is 4.98 Å². The highest BCUT2D eigenvalue weighted by molar-refractivity contribution is 5.90. The Kier molecular flexibility index (Phi) is 4.91. The highest BCUT2D eigenvalue weighted by Crippen LogP contribution is 1.98. The van der Waals surface area contributed by atoms with Crippen LogP contribution in [0, 0.1) is 0 Å². The normalized spacial score (nSPS) is 12.4. The maximum absolute atomic E-state index is 11.7. The molecule has 1 unspecified atom stereocenters. The Hall–Kier alpha value is -1.43. The Morgan fingerprint density at radius 3 is 2.81 bits per heavy atom. The van der Waals surface area contributed by atoms with Crippen molar-refractivity contribution in [1.82, 2.24) is 20.5 Å². The number of amides is 1. The van der Waals surface area contributed by atoms with Gasteiger partial charge >= 0.3 is 0 Å². The van der Waals surface area contributed by atoms with E-state index in [-0.39, 0.29) is 17.8 Å². The van der Waals surface area contributed by atoms with Gasteiger partial charge in [0.05, 0.1) is 0 Å². The lowest BCUT2D eigenvalue weighted by Gasteiger charge is -2.14. The van der Waals surface area contributed by atoms with Crippen LogP contribution < -0.4 is 11.1 Å². The second-order valence-electron chi connectivity index (χ2n) is 3.65. The Balaban J connectivity index is 2.56. The number of aromatic nitrogens is 3. The predicted molar refractivity (Wildman–Crippen MR) is 61.0 cm³/mol. The number of hydrogen-bond donors (Lipinski definition) is 3. The molecule has 1 rings (SSSR count). The van der Waals surface area contributed by atoms with Crippen LogP contribution in [-0.2, 0) is 6.42 Å². The van der Waals surface area contributed by atoms with Gasteiger partial charge < -0.3 is 11.1 Å². The molecule has 1 aromatic rings. The lowest BCUT2D eigenvalue weighted by molar-refractivity contribution is 0.0926. The number of aryl methyl sites for hydroxylation is 1. The summed E-state index contributed by atoms with van der Waals surface area (Å²) in [7, 11) is 0. The van der Waals surface area contributed by atoms with Crippen LogP contribution in [0.1, 0.15) is 43.1 Å². The van der Waals surface area contributed by atoms with E-state index in [9.17, 15) is 4.79 Å². The van der Waals surface area contributed by atoms with Gasteiger partial charge in [0.1, 0.15) is 5.82 Å². The first-order chi connectivity index (χ1) is 7.71. The van der Waals surface area contributed by atoms with Gasteiger partial charge in [0.25, 0.3) is 5.91 Å². The van der Waals surface area contributed by atoms with Crippen LogP contribution >= 0.6 is 0 Å². The number of H-pyrrole nitrogens is 1. The number of nitrogens with two attached hydrogens (primary N) is 1. The van der Waals surface area contributed by atoms with Crippen molar-refractivity contribution < 1.29 is 4.79 Å². The number of hydrogen-bond acceptors (Lipinski definition) is 4. The Labute approximate surface area is 95.0 Å². The molecule has 0 radical (unpaired) electrons. The molecule has 1 atom stereocenters. The summed E-state index contributed by atoms with van der Waals surface area (Å²) in [5, 5.41) is 9.36. The van der Waals surface area contributed by atoms with Crippen LogP contribution in [0.15, 0.2) is 0 Å². The molecule has 4 N–H and O–H groups in total. The minimum Gasteiger partial charge on any atom is -0.345 e. The van der Waals surface area contributed by atoms with E-state index < -0.39 is 0 Å². The second kappa shape index (κ2) is 6.22. The molecule has 0 spiro atoms. The third-order valence-corrected chi connectivity index (χ3v) is 2.33. The number of rotatable bonds is 6. The van der Waals surface area contributed by atoms with Crippen molar-refractivity contribution in [3.8, 4) is 0 Å². The standard InChI is InChI=1S/C10H19N5O/c1-3-5-7(6-11)12-10(16)9-13-8(4-2)14-15-9/h7H,3-6,11H2,1-2H3,(H,12,16)(H,13,14,15). The zero-order valence-electron chi connectivity index (χ0n) is 9.79. The molecule has 0 aliphatic rings. The molecule has 0 saturated heterocycles. The highest BCUT2D eigenvalue weighted by atomic mass is 16.2. The average Bonchev–Trinajstić information content (AvgIpc) is 2.76. The van der Waals surface area contributed by atoms with Crippen molar-refractivity contribution in [2.24, 2.45) is 5.73 Å². The molecule has 0 bridgehead atoms. The first-order valence-corrected chi connectivity index (χ1v) is 5.63. The van der Waals surface area contributed by atoms with Crippen molar-refractivity contribution in [3.63, 3.8) is 0 Å². The van der Waals surface area contributed by atoms with E-state index in [1.807, 2.05) is 6.92 Å². The van der Waals surface area contributed by atoms with Crippen LogP contribution in [0.5, 0.6) is 0 Å². The number of carbonyl (C=O) groups is 1. The molecule has 6 heteroatoms. The average molecular weight is 225 g/mol. The number of nitrogens with one attached hydrogen (secondary N) is 2. The monoisotopic (exact) mass is 225 g/mol. The maximum atomic E-state index is 11.7. The third kappa shape index (κ3) is 3.30. The van der Waals surface area contributed by atoms with Gasteiger partial charge in [-0.3, -0.25) is 9.89 Å². The van der Waals surface area contributed by atoms with Crippen molar-refractivity contribution in [3.05, 3.63) is 11.6 Å². The first-order valence-electron chi connectivity index (χ1n) is 5.63. The molecule has 0 aliphatic heterocycles. The summed E-state index contributed by atoms with van der Waals surface area (Å²) in [6.07, 6.45) is 2.58. The third-order valence-electron chi connectivity index (χ3n) is 2.33. The van der Waals surface area contributed by atoms with Crippen molar-refractivity contribution >= 4 is 5.91 Å². The summed E-state index contributed by atoms with van der Waals surface area (Å²) in [6, 6.07) is 0.000997. The van der Waals surface area contributed by atoms with Crippen molar-refractivity contribution in [2.45, 2.75) is 39.2 Å². The van der Waals surface area contributed by atoms with Crippen LogP contribution in [0.3, 0.4) is 0 Å². The largest absolute Gasteiger partial charge is 0.345 e. The first kappa shape index (κ1) is 12.6. The molecule has 1 aromatic heterocycles. The summed E-state index contributed by atoms with van der Waals surface area (Å²) < 4.78 is 0. The van der Waals surface area contributed by atoms with Gasteiger partial charge in [-0.05, 0) is 6.42 Å². The molecule has 1 heterocycles. The molecule has 1 amide bonds. The van der Waals surface area contributed by atoms with E-state index in [4.69, 9.17) is 5.73 Å². The Morgan fingerprint density at radius 1 is 1.56 bits per heavy atom. The lowest BCUT2D eigenvalue weighted by atomic mass is 10.1. The molecule has 90 valence electrons. The van der Waals surface area contributed by atoms with E-state index in [1.54, 1.807) is 0 Å². The molecule has 0 aromatic carbocycles. The molecular weight excluding hydrogens is 206 g/mol. The molecule has 0 aliphatic carbocycles. The smallest absolute Gasteiger partial charge is 0.291 e.